The van der Waals surface area contributed by atoms with Crippen LogP contribution in [0.1, 0.15) is 13.8 Å². The van der Waals surface area contributed by atoms with Gasteiger partial charge in [-0.05, 0) is 13.8 Å². The molecule has 0 heterocycles. The summed E-state index contributed by atoms with van der Waals surface area (Å²) in [5.74, 6) is 0. The van der Waals surface area contributed by atoms with E-state index >= 15 is 0 Å². The number of carbonyl (C=O) groups is 1. The van der Waals surface area contributed by atoms with Gasteiger partial charge in [0.05, 0.1) is 13.2 Å². The third kappa shape index (κ3) is 6.31. The highest BCUT2D eigenvalue weighted by atomic mass is 32.2. The molecule has 0 atom stereocenters. The molecule has 1 amide bonds. The van der Waals surface area contributed by atoms with Crippen molar-refractivity contribution in [1.82, 2.24) is 9.61 Å². The van der Waals surface area contributed by atoms with Crippen molar-refractivity contribution >= 4 is 16.3 Å². The van der Waals surface area contributed by atoms with Gasteiger partial charge in [-0.25, -0.2) is 9.52 Å². The summed E-state index contributed by atoms with van der Waals surface area (Å²) in [5, 5.41) is 0. The molecule has 0 aromatic carbocycles. The summed E-state index contributed by atoms with van der Waals surface area (Å²) in [6.07, 6.45) is -1.05. The first-order valence-electron chi connectivity index (χ1n) is 3.60. The van der Waals surface area contributed by atoms with Gasteiger partial charge >= 0.3 is 16.3 Å². The number of hydrogen-bond donors (Lipinski definition) is 2. The monoisotopic (exact) mass is 212 g/mol. The zero-order chi connectivity index (χ0) is 10.3. The minimum Gasteiger partial charge on any atom is -0.449 e. The van der Waals surface area contributed by atoms with Gasteiger partial charge < -0.3 is 4.74 Å². The molecular formula is C5H12N2O5S. The largest absolute Gasteiger partial charge is 0.449 e. The molecule has 0 spiro atoms. The predicted molar refractivity (Wildman–Crippen MR) is 43.8 cm³/mol. The van der Waals surface area contributed by atoms with Gasteiger partial charge in [-0.3, -0.25) is 4.84 Å². The number of ether oxygens (including phenoxy) is 1. The summed E-state index contributed by atoms with van der Waals surface area (Å²) in [5.41, 5.74) is 0. The second-order valence-electron chi connectivity index (χ2n) is 1.84. The van der Waals surface area contributed by atoms with Crippen molar-refractivity contribution in [3.05, 3.63) is 0 Å². The Morgan fingerprint density at radius 3 is 2.38 bits per heavy atom. The third-order valence-electron chi connectivity index (χ3n) is 0.806. The van der Waals surface area contributed by atoms with Crippen LogP contribution < -0.4 is 9.61 Å². The summed E-state index contributed by atoms with van der Waals surface area (Å²) in [6, 6.07) is 0. The molecule has 13 heavy (non-hydrogen) atoms. The molecule has 0 radical (unpaired) electrons. The maximum absolute atomic E-state index is 10.8. The van der Waals surface area contributed by atoms with E-state index in [4.69, 9.17) is 0 Å². The first-order chi connectivity index (χ1) is 6.02. The Kier molecular flexibility index (Phi) is 5.35. The third-order valence-corrected chi connectivity index (χ3v) is 1.58. The predicted octanol–water partition coefficient (Wildman–Crippen LogP) is -0.482. The Morgan fingerprint density at radius 2 is 1.92 bits per heavy atom. The number of hydrogen-bond acceptors (Lipinski definition) is 5. The Balaban J connectivity index is 3.95. The van der Waals surface area contributed by atoms with E-state index in [9.17, 15) is 13.2 Å². The van der Waals surface area contributed by atoms with Gasteiger partial charge in [0.1, 0.15) is 0 Å². The van der Waals surface area contributed by atoms with Gasteiger partial charge in [-0.1, -0.05) is 4.89 Å². The number of nitrogens with one attached hydrogen (secondary N) is 2. The van der Waals surface area contributed by atoms with Crippen molar-refractivity contribution < 1.29 is 22.8 Å². The molecule has 0 aliphatic carbocycles. The molecule has 0 unspecified atom stereocenters. The Labute approximate surface area is 76.5 Å². The molecular weight excluding hydrogens is 200 g/mol. The van der Waals surface area contributed by atoms with Crippen LogP contribution in [0.4, 0.5) is 4.79 Å². The molecule has 0 saturated heterocycles. The molecule has 8 heteroatoms. The fraction of sp³-hybridized carbons (Fsp3) is 0.800. The van der Waals surface area contributed by atoms with E-state index in [2.05, 4.69) is 9.57 Å². The van der Waals surface area contributed by atoms with E-state index in [1.807, 2.05) is 0 Å². The lowest BCUT2D eigenvalue weighted by Gasteiger charge is -2.06. The molecule has 2 N–H and O–H groups in total. The SMILES string of the molecule is CCONS(=O)(=O)NC(=O)OCC. The molecule has 0 aliphatic rings. The van der Waals surface area contributed by atoms with Crippen molar-refractivity contribution in [2.45, 2.75) is 13.8 Å². The molecule has 7 nitrogen and oxygen atoms in total. The van der Waals surface area contributed by atoms with E-state index < -0.39 is 16.3 Å². The van der Waals surface area contributed by atoms with Gasteiger partial charge in [-0.2, -0.15) is 8.42 Å². The summed E-state index contributed by atoms with van der Waals surface area (Å²) in [6.45, 7) is 3.40. The molecule has 78 valence electrons. The van der Waals surface area contributed by atoms with Crippen LogP contribution in [0, 0.1) is 0 Å². The van der Waals surface area contributed by atoms with Gasteiger partial charge in [0, 0.05) is 0 Å². The molecule has 0 aromatic heterocycles. The minimum absolute atomic E-state index is 0.0932. The van der Waals surface area contributed by atoms with Gasteiger partial charge in [0.2, 0.25) is 0 Å². The quantitative estimate of drug-likeness (QED) is 0.600. The topological polar surface area (TPSA) is 93.7 Å². The lowest BCUT2D eigenvalue weighted by molar-refractivity contribution is 0.103. The number of rotatable bonds is 5. The molecule has 0 aromatic rings. The molecule has 0 bridgehead atoms. The van der Waals surface area contributed by atoms with Crippen LogP contribution in [0.15, 0.2) is 0 Å². The zero-order valence-electron chi connectivity index (χ0n) is 7.36. The molecule has 0 fully saturated rings. The Bertz CT molecular complexity index is 250. The van der Waals surface area contributed by atoms with Crippen molar-refractivity contribution in [3.63, 3.8) is 0 Å². The van der Waals surface area contributed by atoms with Crippen molar-refractivity contribution in [2.75, 3.05) is 13.2 Å². The van der Waals surface area contributed by atoms with Crippen molar-refractivity contribution in [3.8, 4) is 0 Å². The summed E-state index contributed by atoms with van der Waals surface area (Å²) >= 11 is 0. The number of amides is 1. The summed E-state index contributed by atoms with van der Waals surface area (Å²) in [4.78, 5) is 16.6. The molecule has 0 saturated carbocycles. The minimum atomic E-state index is -3.96. The van der Waals surface area contributed by atoms with E-state index in [1.54, 1.807) is 23.5 Å². The first kappa shape index (κ1) is 12.1. The second kappa shape index (κ2) is 5.73. The van der Waals surface area contributed by atoms with E-state index in [-0.39, 0.29) is 13.2 Å². The van der Waals surface area contributed by atoms with Crippen LogP contribution in [-0.2, 0) is 19.8 Å². The Hall–Kier alpha value is -0.860. The van der Waals surface area contributed by atoms with Crippen LogP contribution in [0.25, 0.3) is 0 Å². The lowest BCUT2D eigenvalue weighted by atomic mass is 10.9. The van der Waals surface area contributed by atoms with Crippen LogP contribution in [0.5, 0.6) is 0 Å². The second-order valence-corrected chi connectivity index (χ2v) is 3.22. The fourth-order valence-corrected chi connectivity index (χ4v) is 1.02. The average Bonchev–Trinajstić information content (AvgIpc) is 2.00. The molecule has 0 aliphatic heterocycles. The lowest BCUT2D eigenvalue weighted by Crippen LogP contribution is -2.40. The van der Waals surface area contributed by atoms with Crippen molar-refractivity contribution in [2.24, 2.45) is 0 Å². The fourth-order valence-electron chi connectivity index (χ4n) is 0.428. The van der Waals surface area contributed by atoms with Crippen LogP contribution >= 0.6 is 0 Å². The Morgan fingerprint density at radius 1 is 1.31 bits per heavy atom. The van der Waals surface area contributed by atoms with E-state index in [0.29, 0.717) is 0 Å². The molecule has 0 rings (SSSR count). The highest BCUT2D eigenvalue weighted by molar-refractivity contribution is 7.87. The van der Waals surface area contributed by atoms with Gasteiger partial charge in [0.15, 0.2) is 0 Å². The maximum atomic E-state index is 10.8. The maximum Gasteiger partial charge on any atom is 0.421 e. The van der Waals surface area contributed by atoms with E-state index in [1.165, 1.54) is 0 Å². The van der Waals surface area contributed by atoms with Crippen LogP contribution in [0.2, 0.25) is 0 Å². The van der Waals surface area contributed by atoms with Crippen molar-refractivity contribution in [1.29, 1.82) is 0 Å². The zero-order valence-corrected chi connectivity index (χ0v) is 8.18. The normalized spacial score (nSPS) is 10.9. The van der Waals surface area contributed by atoms with Gasteiger partial charge in [0.25, 0.3) is 0 Å². The van der Waals surface area contributed by atoms with Crippen LogP contribution in [-0.4, -0.2) is 27.7 Å². The summed E-state index contributed by atoms with van der Waals surface area (Å²) in [7, 11) is -3.96. The highest BCUT2D eigenvalue weighted by Crippen LogP contribution is 1.82. The smallest absolute Gasteiger partial charge is 0.421 e. The average molecular weight is 212 g/mol. The van der Waals surface area contributed by atoms with Gasteiger partial charge in [-0.15, -0.1) is 0 Å². The number of carbonyl (C=O) groups excluding carboxylic acids is 1. The van der Waals surface area contributed by atoms with E-state index in [0.717, 1.165) is 0 Å². The highest BCUT2D eigenvalue weighted by Gasteiger charge is 2.13. The van der Waals surface area contributed by atoms with Crippen LogP contribution in [0.3, 0.4) is 0 Å². The standard InChI is InChI=1S/C5H12N2O5S/c1-3-11-5(8)6-13(9,10)7-12-4-2/h7H,3-4H2,1-2H3,(H,6,8). The summed E-state index contributed by atoms with van der Waals surface area (Å²) < 4.78 is 27.6. The first-order valence-corrected chi connectivity index (χ1v) is 5.08.